The van der Waals surface area contributed by atoms with E-state index in [1.807, 2.05) is 44.2 Å². The molecule has 3 rings (SSSR count). The van der Waals surface area contributed by atoms with Gasteiger partial charge in [-0.3, -0.25) is 0 Å². The first-order valence-electron chi connectivity index (χ1n) is 6.27. The van der Waals surface area contributed by atoms with Gasteiger partial charge in [-0.2, -0.15) is 4.98 Å². The largest absolute Gasteiger partial charge is 0.459 e. The van der Waals surface area contributed by atoms with Crippen LogP contribution in [-0.4, -0.2) is 10.1 Å². The summed E-state index contributed by atoms with van der Waals surface area (Å²) in [6, 6.07) is 10.3. The fourth-order valence-corrected chi connectivity index (χ4v) is 1.83. The van der Waals surface area contributed by atoms with Gasteiger partial charge in [0.25, 0.3) is 0 Å². The minimum absolute atomic E-state index is 0.255. The number of para-hydroxylation sites is 1. The number of hydrogen-bond donors (Lipinski definition) is 1. The van der Waals surface area contributed by atoms with E-state index in [-0.39, 0.29) is 5.92 Å². The molecule has 0 atom stereocenters. The summed E-state index contributed by atoms with van der Waals surface area (Å²) >= 11 is 0. The van der Waals surface area contributed by atoms with Crippen LogP contribution in [0.3, 0.4) is 0 Å². The van der Waals surface area contributed by atoms with Crippen molar-refractivity contribution >= 4 is 17.0 Å². The van der Waals surface area contributed by atoms with Crippen molar-refractivity contribution in [1.82, 2.24) is 10.1 Å². The zero-order valence-corrected chi connectivity index (χ0v) is 10.9. The molecule has 19 heavy (non-hydrogen) atoms. The number of anilines is 1. The topological polar surface area (TPSA) is 64.1 Å². The molecule has 3 aromatic rings. The Hall–Kier alpha value is -2.30. The highest BCUT2D eigenvalue weighted by atomic mass is 16.5. The van der Waals surface area contributed by atoms with Gasteiger partial charge in [0.2, 0.25) is 0 Å². The zero-order chi connectivity index (χ0) is 13.2. The lowest BCUT2D eigenvalue weighted by atomic mass is 10.2. The molecule has 0 bridgehead atoms. The van der Waals surface area contributed by atoms with Gasteiger partial charge in [-0.1, -0.05) is 37.2 Å². The lowest BCUT2D eigenvalue weighted by Gasteiger charge is -1.96. The normalized spacial score (nSPS) is 11.3. The van der Waals surface area contributed by atoms with Crippen LogP contribution in [0.1, 0.15) is 31.4 Å². The Bertz CT molecular complexity index is 652. The van der Waals surface area contributed by atoms with Gasteiger partial charge in [0.1, 0.15) is 11.3 Å². The maximum Gasteiger partial charge on any atom is 0.321 e. The Labute approximate surface area is 110 Å². The molecule has 5 heteroatoms. The van der Waals surface area contributed by atoms with E-state index in [4.69, 9.17) is 8.94 Å². The molecule has 1 N–H and O–H groups in total. The Kier molecular flexibility index (Phi) is 2.95. The summed E-state index contributed by atoms with van der Waals surface area (Å²) in [5.74, 6) is 1.79. The Morgan fingerprint density at radius 1 is 1.26 bits per heavy atom. The number of furan rings is 1. The molecule has 1 aromatic carbocycles. The minimum atomic E-state index is 0.255. The summed E-state index contributed by atoms with van der Waals surface area (Å²) in [5.41, 5.74) is 0.882. The molecule has 0 saturated carbocycles. The number of benzene rings is 1. The van der Waals surface area contributed by atoms with Gasteiger partial charge >= 0.3 is 6.01 Å². The summed E-state index contributed by atoms with van der Waals surface area (Å²) in [6.45, 7) is 4.57. The van der Waals surface area contributed by atoms with Gasteiger partial charge in [0.15, 0.2) is 5.82 Å². The Morgan fingerprint density at radius 2 is 2.11 bits per heavy atom. The van der Waals surface area contributed by atoms with Crippen LogP contribution < -0.4 is 5.32 Å². The fraction of sp³-hybridized carbons (Fsp3) is 0.286. The second-order valence-corrected chi connectivity index (χ2v) is 4.72. The number of hydrogen-bond acceptors (Lipinski definition) is 5. The van der Waals surface area contributed by atoms with Gasteiger partial charge in [-0.25, -0.2) is 0 Å². The average molecular weight is 257 g/mol. The van der Waals surface area contributed by atoms with Gasteiger partial charge < -0.3 is 14.3 Å². The number of rotatable bonds is 4. The molecule has 0 radical (unpaired) electrons. The van der Waals surface area contributed by atoms with E-state index in [0.717, 1.165) is 16.7 Å². The third-order valence-electron chi connectivity index (χ3n) is 2.85. The quantitative estimate of drug-likeness (QED) is 0.774. The van der Waals surface area contributed by atoms with Crippen LogP contribution in [0, 0.1) is 0 Å². The summed E-state index contributed by atoms with van der Waals surface area (Å²) in [6.07, 6.45) is 0. The van der Waals surface area contributed by atoms with E-state index < -0.39 is 0 Å². The van der Waals surface area contributed by atoms with Crippen LogP contribution in [0.25, 0.3) is 11.0 Å². The standard InChI is InChI=1S/C14H15N3O2/c1-9(2)13-16-14(19-17-13)15-8-11-7-10-5-3-4-6-12(10)18-11/h3-7,9H,8H2,1-2H3,(H,15,16,17). The molecular weight excluding hydrogens is 242 g/mol. The van der Waals surface area contributed by atoms with Crippen LogP contribution in [0.4, 0.5) is 6.01 Å². The molecule has 0 unspecified atom stereocenters. The second-order valence-electron chi connectivity index (χ2n) is 4.72. The summed E-state index contributed by atoms with van der Waals surface area (Å²) in [5, 5.41) is 8.05. The molecule has 0 spiro atoms. The fourth-order valence-electron chi connectivity index (χ4n) is 1.83. The molecule has 98 valence electrons. The molecule has 5 nitrogen and oxygen atoms in total. The van der Waals surface area contributed by atoms with Gasteiger partial charge in [0.05, 0.1) is 6.54 Å². The molecule has 0 aliphatic rings. The molecule has 0 fully saturated rings. The maximum absolute atomic E-state index is 5.69. The van der Waals surface area contributed by atoms with Crippen molar-refractivity contribution in [3.05, 3.63) is 41.9 Å². The first kappa shape index (κ1) is 11.8. The van der Waals surface area contributed by atoms with Crippen LogP contribution in [0.5, 0.6) is 0 Å². The first-order chi connectivity index (χ1) is 9.22. The van der Waals surface area contributed by atoms with Crippen molar-refractivity contribution in [3.8, 4) is 0 Å². The van der Waals surface area contributed by atoms with Crippen LogP contribution in [0.15, 0.2) is 39.3 Å². The Balaban J connectivity index is 1.71. The van der Waals surface area contributed by atoms with Crippen LogP contribution in [-0.2, 0) is 6.54 Å². The first-order valence-corrected chi connectivity index (χ1v) is 6.27. The monoisotopic (exact) mass is 257 g/mol. The molecule has 2 aromatic heterocycles. The molecular formula is C14H15N3O2. The molecule has 0 amide bonds. The van der Waals surface area contributed by atoms with Crippen molar-refractivity contribution in [2.75, 3.05) is 5.32 Å². The highest BCUT2D eigenvalue weighted by Gasteiger charge is 2.10. The highest BCUT2D eigenvalue weighted by molar-refractivity contribution is 5.77. The second kappa shape index (κ2) is 4.76. The van der Waals surface area contributed by atoms with Gasteiger partial charge in [-0.05, 0) is 12.1 Å². The lowest BCUT2D eigenvalue weighted by Crippen LogP contribution is -1.98. The van der Waals surface area contributed by atoms with E-state index in [1.165, 1.54) is 0 Å². The van der Waals surface area contributed by atoms with Gasteiger partial charge in [0, 0.05) is 11.3 Å². The number of nitrogens with zero attached hydrogens (tertiary/aromatic N) is 2. The average Bonchev–Trinajstić information content (AvgIpc) is 3.02. The lowest BCUT2D eigenvalue weighted by molar-refractivity contribution is 0.417. The summed E-state index contributed by atoms with van der Waals surface area (Å²) in [7, 11) is 0. The zero-order valence-electron chi connectivity index (χ0n) is 10.9. The van der Waals surface area contributed by atoms with E-state index in [2.05, 4.69) is 15.5 Å². The number of nitrogens with one attached hydrogen (secondary N) is 1. The smallest absolute Gasteiger partial charge is 0.321 e. The molecule has 2 heterocycles. The van der Waals surface area contributed by atoms with E-state index in [1.54, 1.807) is 0 Å². The molecule has 0 saturated heterocycles. The summed E-state index contributed by atoms with van der Waals surface area (Å²) < 4.78 is 10.8. The van der Waals surface area contributed by atoms with Gasteiger partial charge in [-0.15, -0.1) is 0 Å². The van der Waals surface area contributed by atoms with Crippen LogP contribution in [0.2, 0.25) is 0 Å². The van der Waals surface area contributed by atoms with Crippen LogP contribution >= 0.6 is 0 Å². The van der Waals surface area contributed by atoms with E-state index in [0.29, 0.717) is 18.4 Å². The SMILES string of the molecule is CC(C)c1noc(NCc2cc3ccccc3o2)n1. The minimum Gasteiger partial charge on any atom is -0.459 e. The van der Waals surface area contributed by atoms with Crippen molar-refractivity contribution in [2.45, 2.75) is 26.3 Å². The predicted molar refractivity (Wildman–Crippen MR) is 71.9 cm³/mol. The number of fused-ring (bicyclic) bond motifs is 1. The van der Waals surface area contributed by atoms with E-state index in [9.17, 15) is 0 Å². The van der Waals surface area contributed by atoms with Crippen molar-refractivity contribution in [3.63, 3.8) is 0 Å². The maximum atomic E-state index is 5.69. The van der Waals surface area contributed by atoms with Crippen molar-refractivity contribution in [1.29, 1.82) is 0 Å². The molecule has 0 aliphatic carbocycles. The predicted octanol–water partition coefficient (Wildman–Crippen LogP) is 3.55. The highest BCUT2D eigenvalue weighted by Crippen LogP contribution is 2.20. The van der Waals surface area contributed by atoms with Crippen molar-refractivity contribution < 1.29 is 8.94 Å². The third-order valence-corrected chi connectivity index (χ3v) is 2.85. The summed E-state index contributed by atoms with van der Waals surface area (Å²) in [4.78, 5) is 4.25. The Morgan fingerprint density at radius 3 is 2.84 bits per heavy atom. The van der Waals surface area contributed by atoms with Crippen molar-refractivity contribution in [2.24, 2.45) is 0 Å². The van der Waals surface area contributed by atoms with E-state index >= 15 is 0 Å². The third kappa shape index (κ3) is 2.45. The molecule has 0 aliphatic heterocycles. The number of aromatic nitrogens is 2.